The number of amides is 1. The number of carbonyl (C=O) groups is 1. The summed E-state index contributed by atoms with van der Waals surface area (Å²) in [5, 5.41) is 0.766. The molecule has 0 fully saturated rings. The van der Waals surface area contributed by atoms with Gasteiger partial charge in [0.25, 0.3) is 5.91 Å². The van der Waals surface area contributed by atoms with Crippen molar-refractivity contribution in [2.24, 2.45) is 0 Å². The second-order valence-corrected chi connectivity index (χ2v) is 9.49. The number of nitrogens with zero attached hydrogens (tertiary/aromatic N) is 3. The van der Waals surface area contributed by atoms with Crippen LogP contribution < -0.4 is 4.90 Å². The first kappa shape index (κ1) is 20.8. The van der Waals surface area contributed by atoms with Gasteiger partial charge in [0.1, 0.15) is 0 Å². The molecule has 4 nitrogen and oxygen atoms in total. The predicted molar refractivity (Wildman–Crippen MR) is 122 cm³/mol. The van der Waals surface area contributed by atoms with Crippen LogP contribution in [0.2, 0.25) is 0 Å². The Labute approximate surface area is 175 Å². The van der Waals surface area contributed by atoms with Crippen LogP contribution in [-0.4, -0.2) is 48.7 Å². The number of hydrogen-bond acceptors (Lipinski definition) is 5. The molecule has 0 aliphatic heterocycles. The van der Waals surface area contributed by atoms with Crippen LogP contribution in [0.4, 0.5) is 5.13 Å². The SMILES string of the molecule is CCSc1ccc(C(=O)N(CCN(C)C)c2nc3c(C)cc(C)cc3s2)cc1. The molecule has 0 saturated heterocycles. The molecular formula is C22H27N3OS2. The van der Waals surface area contributed by atoms with E-state index in [0.29, 0.717) is 12.1 Å². The van der Waals surface area contributed by atoms with E-state index in [9.17, 15) is 4.79 Å². The third-order valence-corrected chi connectivity index (χ3v) is 6.40. The zero-order chi connectivity index (χ0) is 20.3. The summed E-state index contributed by atoms with van der Waals surface area (Å²) in [5.74, 6) is 1.02. The summed E-state index contributed by atoms with van der Waals surface area (Å²) in [7, 11) is 4.04. The van der Waals surface area contributed by atoms with Crippen LogP contribution in [-0.2, 0) is 0 Å². The Kier molecular flexibility index (Phi) is 6.75. The molecule has 0 spiro atoms. The summed E-state index contributed by atoms with van der Waals surface area (Å²) in [5.41, 5.74) is 4.06. The first-order chi connectivity index (χ1) is 13.4. The van der Waals surface area contributed by atoms with Crippen molar-refractivity contribution in [3.8, 4) is 0 Å². The number of thioether (sulfide) groups is 1. The van der Waals surface area contributed by atoms with E-state index in [2.05, 4.69) is 37.8 Å². The van der Waals surface area contributed by atoms with Crippen LogP contribution in [0.15, 0.2) is 41.3 Å². The van der Waals surface area contributed by atoms with E-state index in [1.807, 2.05) is 43.3 Å². The van der Waals surface area contributed by atoms with Gasteiger partial charge in [-0.25, -0.2) is 4.98 Å². The van der Waals surface area contributed by atoms with Crippen molar-refractivity contribution in [3.63, 3.8) is 0 Å². The highest BCUT2D eigenvalue weighted by atomic mass is 32.2. The fourth-order valence-corrected chi connectivity index (χ4v) is 4.90. The molecule has 0 atom stereocenters. The Bertz CT molecular complexity index is 964. The molecule has 6 heteroatoms. The topological polar surface area (TPSA) is 36.4 Å². The molecule has 0 radical (unpaired) electrons. The molecule has 0 aliphatic carbocycles. The predicted octanol–water partition coefficient (Wildman–Crippen LogP) is 5.23. The maximum absolute atomic E-state index is 13.3. The first-order valence-corrected chi connectivity index (χ1v) is 11.3. The summed E-state index contributed by atoms with van der Waals surface area (Å²) in [6.45, 7) is 7.69. The zero-order valence-electron chi connectivity index (χ0n) is 17.2. The van der Waals surface area contributed by atoms with Crippen LogP contribution in [0, 0.1) is 13.8 Å². The minimum atomic E-state index is 0.00308. The third-order valence-electron chi connectivity index (χ3n) is 4.48. The summed E-state index contributed by atoms with van der Waals surface area (Å²) in [4.78, 5) is 23.2. The average Bonchev–Trinajstić information content (AvgIpc) is 3.06. The number of likely N-dealkylation sites (N-methyl/N-ethyl adjacent to an activating group) is 1. The smallest absolute Gasteiger partial charge is 0.260 e. The lowest BCUT2D eigenvalue weighted by Crippen LogP contribution is -2.36. The van der Waals surface area contributed by atoms with Gasteiger partial charge in [-0.3, -0.25) is 9.69 Å². The van der Waals surface area contributed by atoms with Gasteiger partial charge in [0, 0.05) is 23.5 Å². The van der Waals surface area contributed by atoms with Crippen molar-refractivity contribution in [1.29, 1.82) is 0 Å². The van der Waals surface area contributed by atoms with Crippen molar-refractivity contribution in [2.45, 2.75) is 25.7 Å². The van der Waals surface area contributed by atoms with Gasteiger partial charge in [-0.05, 0) is 75.2 Å². The molecule has 148 valence electrons. The van der Waals surface area contributed by atoms with E-state index < -0.39 is 0 Å². The number of rotatable bonds is 7. The van der Waals surface area contributed by atoms with Crippen LogP contribution in [0.25, 0.3) is 10.2 Å². The normalized spacial score (nSPS) is 11.4. The Morgan fingerprint density at radius 2 is 1.82 bits per heavy atom. The molecule has 1 heterocycles. The van der Waals surface area contributed by atoms with Gasteiger partial charge in [-0.1, -0.05) is 24.3 Å². The molecule has 1 aromatic heterocycles. The molecule has 1 amide bonds. The molecule has 0 saturated carbocycles. The molecule has 0 unspecified atom stereocenters. The van der Waals surface area contributed by atoms with Gasteiger partial charge in [0.05, 0.1) is 10.2 Å². The van der Waals surface area contributed by atoms with E-state index in [1.165, 1.54) is 10.5 Å². The quantitative estimate of drug-likeness (QED) is 0.497. The number of benzene rings is 2. The highest BCUT2D eigenvalue weighted by Gasteiger charge is 2.22. The number of aryl methyl sites for hydroxylation is 2. The highest BCUT2D eigenvalue weighted by Crippen LogP contribution is 2.32. The average molecular weight is 414 g/mol. The third kappa shape index (κ3) is 4.74. The van der Waals surface area contributed by atoms with Gasteiger partial charge in [-0.2, -0.15) is 0 Å². The van der Waals surface area contributed by atoms with Crippen LogP contribution in [0.3, 0.4) is 0 Å². The lowest BCUT2D eigenvalue weighted by molar-refractivity contribution is 0.0985. The summed E-state index contributed by atoms with van der Waals surface area (Å²) in [6, 6.07) is 12.2. The standard InChI is InChI=1S/C22H27N3OS2/c1-6-27-18-9-7-17(8-10-18)21(26)25(12-11-24(4)5)22-23-20-16(3)13-15(2)14-19(20)28-22/h7-10,13-14H,6,11-12H2,1-5H3. The number of anilines is 1. The van der Waals surface area contributed by atoms with Crippen LogP contribution >= 0.6 is 23.1 Å². The first-order valence-electron chi connectivity index (χ1n) is 9.46. The Balaban J connectivity index is 1.96. The number of aromatic nitrogens is 1. The molecule has 28 heavy (non-hydrogen) atoms. The summed E-state index contributed by atoms with van der Waals surface area (Å²) < 4.78 is 1.13. The van der Waals surface area contributed by atoms with E-state index in [1.54, 1.807) is 23.1 Å². The van der Waals surface area contributed by atoms with Crippen molar-refractivity contribution >= 4 is 44.4 Å². The lowest BCUT2D eigenvalue weighted by Gasteiger charge is -2.22. The largest absolute Gasteiger partial charge is 0.308 e. The van der Waals surface area contributed by atoms with Gasteiger partial charge >= 0.3 is 0 Å². The lowest BCUT2D eigenvalue weighted by atomic mass is 10.1. The number of carbonyl (C=O) groups excluding carboxylic acids is 1. The molecule has 0 bridgehead atoms. The Morgan fingerprint density at radius 1 is 1.11 bits per heavy atom. The fourth-order valence-electron chi connectivity index (χ4n) is 3.07. The van der Waals surface area contributed by atoms with Crippen molar-refractivity contribution in [2.75, 3.05) is 37.8 Å². The molecule has 3 aromatic rings. The van der Waals surface area contributed by atoms with Gasteiger partial charge in [0.15, 0.2) is 5.13 Å². The highest BCUT2D eigenvalue weighted by molar-refractivity contribution is 7.99. The van der Waals surface area contributed by atoms with E-state index in [-0.39, 0.29) is 5.91 Å². The fraction of sp³-hybridized carbons (Fsp3) is 0.364. The summed E-state index contributed by atoms with van der Waals surface area (Å²) >= 11 is 3.37. The Morgan fingerprint density at radius 3 is 2.46 bits per heavy atom. The maximum Gasteiger partial charge on any atom is 0.260 e. The van der Waals surface area contributed by atoms with Gasteiger partial charge in [0.2, 0.25) is 0 Å². The molecule has 0 N–H and O–H groups in total. The Hall–Kier alpha value is -1.89. The van der Waals surface area contributed by atoms with E-state index in [4.69, 9.17) is 4.98 Å². The minimum absolute atomic E-state index is 0.00308. The zero-order valence-corrected chi connectivity index (χ0v) is 18.8. The molecule has 0 aliphatic rings. The second-order valence-electron chi connectivity index (χ2n) is 7.14. The summed E-state index contributed by atoms with van der Waals surface area (Å²) in [6.07, 6.45) is 0. The number of thiazole rings is 1. The molecule has 3 rings (SSSR count). The van der Waals surface area contributed by atoms with Crippen molar-refractivity contribution < 1.29 is 4.79 Å². The van der Waals surface area contributed by atoms with Gasteiger partial charge in [-0.15, -0.1) is 11.8 Å². The monoisotopic (exact) mass is 413 g/mol. The number of hydrogen-bond donors (Lipinski definition) is 0. The second kappa shape index (κ2) is 9.07. The maximum atomic E-state index is 13.3. The van der Waals surface area contributed by atoms with Crippen molar-refractivity contribution in [3.05, 3.63) is 53.1 Å². The van der Waals surface area contributed by atoms with Crippen LogP contribution in [0.5, 0.6) is 0 Å². The van der Waals surface area contributed by atoms with E-state index in [0.717, 1.165) is 33.2 Å². The molecule has 2 aromatic carbocycles. The number of fused-ring (bicyclic) bond motifs is 1. The minimum Gasteiger partial charge on any atom is -0.308 e. The van der Waals surface area contributed by atoms with Crippen molar-refractivity contribution in [1.82, 2.24) is 9.88 Å². The molecular weight excluding hydrogens is 386 g/mol. The van der Waals surface area contributed by atoms with Gasteiger partial charge < -0.3 is 4.90 Å². The van der Waals surface area contributed by atoms with Crippen LogP contribution in [0.1, 0.15) is 28.4 Å². The van der Waals surface area contributed by atoms with E-state index >= 15 is 0 Å².